The number of hydrogen-bond donors (Lipinski definition) is 4. The van der Waals surface area contributed by atoms with Crippen LogP contribution in [0.4, 0.5) is 0 Å². The number of carbonyl (C=O) groups is 1. The molecule has 1 aliphatic rings. The van der Waals surface area contributed by atoms with Crippen LogP contribution in [-0.2, 0) is 6.42 Å². The highest BCUT2D eigenvalue weighted by Crippen LogP contribution is 2.43. The third kappa shape index (κ3) is 5.02. The second-order valence-electron chi connectivity index (χ2n) is 8.18. The van der Waals surface area contributed by atoms with Crippen molar-refractivity contribution in [1.29, 1.82) is 0 Å². The molecule has 0 saturated heterocycles. The zero-order valence-corrected chi connectivity index (χ0v) is 18.0. The summed E-state index contributed by atoms with van der Waals surface area (Å²) < 4.78 is 5.58. The largest absolute Gasteiger partial charge is 0.508 e. The maximum Gasteiger partial charge on any atom is 0.181 e. The number of aromatic hydroxyl groups is 4. The van der Waals surface area contributed by atoms with Gasteiger partial charge >= 0.3 is 0 Å². The average Bonchev–Trinajstić information content (AvgIpc) is 2.67. The van der Waals surface area contributed by atoms with Crippen molar-refractivity contribution in [2.24, 2.45) is 0 Å². The Morgan fingerprint density at radius 1 is 1.00 bits per heavy atom. The maximum atomic E-state index is 13.0. The maximum absolute atomic E-state index is 13.0. The quantitative estimate of drug-likeness (QED) is 0.481. The van der Waals surface area contributed by atoms with Crippen molar-refractivity contribution in [3.8, 4) is 28.7 Å². The number of allylic oxidation sites excluding steroid dienone is 4. The zero-order valence-electron chi connectivity index (χ0n) is 18.0. The first-order chi connectivity index (χ1) is 14.7. The Kier molecular flexibility index (Phi) is 6.59. The van der Waals surface area contributed by atoms with E-state index in [1.54, 1.807) is 6.07 Å². The molecule has 1 atom stereocenters. The van der Waals surface area contributed by atoms with Crippen molar-refractivity contribution in [3.63, 3.8) is 0 Å². The SMILES string of the molecule is CC(C)=CCC/C(C)=C/Cc1cc([C@@H]2COc3cc(O)cc(O)c3C2=O)c(O)cc1O. The molecule has 0 aromatic heterocycles. The van der Waals surface area contributed by atoms with Gasteiger partial charge in [0.05, 0.1) is 5.92 Å². The van der Waals surface area contributed by atoms with E-state index in [2.05, 4.69) is 19.9 Å². The Bertz CT molecular complexity index is 1060. The standard InChI is InChI=1S/C25H28O6/c1-14(2)5-4-6-15(3)7-8-16-9-18(21(28)12-20(16)27)19-13-31-23-11-17(26)10-22(29)24(23)25(19)30/h5,7,9-12,19,26-29H,4,6,8,13H2,1-3H3/b15-7+/t19-/m0/s1. The number of phenolic OH excluding ortho intramolecular Hbond substituents is 4. The molecule has 6 nitrogen and oxygen atoms in total. The first-order valence-electron chi connectivity index (χ1n) is 10.2. The Balaban J connectivity index is 1.86. The van der Waals surface area contributed by atoms with Crippen LogP contribution in [0.3, 0.4) is 0 Å². The van der Waals surface area contributed by atoms with E-state index in [0.717, 1.165) is 18.9 Å². The number of hydrogen-bond acceptors (Lipinski definition) is 6. The van der Waals surface area contributed by atoms with Crippen molar-refractivity contribution < 1.29 is 30.0 Å². The van der Waals surface area contributed by atoms with E-state index < -0.39 is 11.7 Å². The lowest BCUT2D eigenvalue weighted by molar-refractivity contribution is 0.0890. The molecule has 3 rings (SSSR count). The van der Waals surface area contributed by atoms with Gasteiger partial charge in [0.2, 0.25) is 0 Å². The summed E-state index contributed by atoms with van der Waals surface area (Å²) >= 11 is 0. The van der Waals surface area contributed by atoms with Gasteiger partial charge in [-0.1, -0.05) is 23.3 Å². The van der Waals surface area contributed by atoms with Crippen molar-refractivity contribution in [1.82, 2.24) is 0 Å². The lowest BCUT2D eigenvalue weighted by Gasteiger charge is -2.26. The molecule has 0 spiro atoms. The molecule has 1 heterocycles. The van der Waals surface area contributed by atoms with Crippen molar-refractivity contribution in [3.05, 3.63) is 64.3 Å². The number of phenols is 4. The molecule has 0 saturated carbocycles. The normalized spacial score (nSPS) is 15.9. The van der Waals surface area contributed by atoms with Crippen molar-refractivity contribution >= 4 is 5.78 Å². The Hall–Kier alpha value is -3.41. The van der Waals surface area contributed by atoms with Crippen LogP contribution in [0.15, 0.2) is 47.6 Å². The van der Waals surface area contributed by atoms with Crippen molar-refractivity contribution in [2.75, 3.05) is 6.61 Å². The van der Waals surface area contributed by atoms with Crippen LogP contribution in [0, 0.1) is 0 Å². The van der Waals surface area contributed by atoms with Gasteiger partial charge in [-0.3, -0.25) is 4.79 Å². The summed E-state index contributed by atoms with van der Waals surface area (Å²) in [6.07, 6.45) is 6.52. The predicted molar refractivity (Wildman–Crippen MR) is 118 cm³/mol. The summed E-state index contributed by atoms with van der Waals surface area (Å²) in [4.78, 5) is 13.0. The summed E-state index contributed by atoms with van der Waals surface area (Å²) in [5, 5.41) is 40.4. The molecule has 0 unspecified atom stereocenters. The smallest absolute Gasteiger partial charge is 0.181 e. The highest BCUT2D eigenvalue weighted by Gasteiger charge is 2.35. The molecular weight excluding hydrogens is 396 g/mol. The molecule has 164 valence electrons. The van der Waals surface area contributed by atoms with Gasteiger partial charge in [-0.05, 0) is 51.7 Å². The number of fused-ring (bicyclic) bond motifs is 1. The number of benzene rings is 2. The molecule has 1 aliphatic heterocycles. The van der Waals surface area contributed by atoms with E-state index in [1.807, 2.05) is 13.0 Å². The summed E-state index contributed by atoms with van der Waals surface area (Å²) in [5.41, 5.74) is 3.34. The van der Waals surface area contributed by atoms with Crippen LogP contribution >= 0.6 is 0 Å². The van der Waals surface area contributed by atoms with Crippen LogP contribution in [0.5, 0.6) is 28.7 Å². The molecule has 0 aliphatic carbocycles. The molecule has 2 aromatic rings. The predicted octanol–water partition coefficient (Wildman–Crippen LogP) is 5.10. The summed E-state index contributed by atoms with van der Waals surface area (Å²) in [6.45, 7) is 6.10. The Morgan fingerprint density at radius 2 is 1.74 bits per heavy atom. The van der Waals surface area contributed by atoms with Gasteiger partial charge in [-0.2, -0.15) is 0 Å². The van der Waals surface area contributed by atoms with Gasteiger partial charge in [0.1, 0.15) is 40.9 Å². The molecule has 0 radical (unpaired) electrons. The Labute approximate surface area is 181 Å². The van der Waals surface area contributed by atoms with Crippen LogP contribution in [0.25, 0.3) is 0 Å². The number of carbonyl (C=O) groups excluding carboxylic acids is 1. The molecule has 31 heavy (non-hydrogen) atoms. The van der Waals surface area contributed by atoms with E-state index in [4.69, 9.17) is 4.74 Å². The number of Topliss-reactive ketones (excluding diaryl/α,β-unsaturated/α-hetero) is 1. The van der Waals surface area contributed by atoms with Gasteiger partial charge < -0.3 is 25.2 Å². The lowest BCUT2D eigenvalue weighted by atomic mass is 9.86. The number of ketones is 1. The molecule has 6 heteroatoms. The highest BCUT2D eigenvalue weighted by molar-refractivity contribution is 6.06. The molecule has 4 N–H and O–H groups in total. The molecular formula is C25H28O6. The molecule has 0 bridgehead atoms. The second-order valence-corrected chi connectivity index (χ2v) is 8.18. The summed E-state index contributed by atoms with van der Waals surface area (Å²) in [7, 11) is 0. The minimum Gasteiger partial charge on any atom is -0.508 e. The van der Waals surface area contributed by atoms with E-state index in [-0.39, 0.29) is 40.9 Å². The van der Waals surface area contributed by atoms with Crippen molar-refractivity contribution in [2.45, 2.75) is 46.0 Å². The van der Waals surface area contributed by atoms with Gasteiger partial charge in [0, 0.05) is 23.8 Å². The fourth-order valence-corrected chi connectivity index (χ4v) is 3.66. The van der Waals surface area contributed by atoms with E-state index in [0.29, 0.717) is 17.5 Å². The van der Waals surface area contributed by atoms with Gasteiger partial charge in [0.25, 0.3) is 0 Å². The van der Waals surface area contributed by atoms with Crippen LogP contribution in [-0.4, -0.2) is 32.8 Å². The van der Waals surface area contributed by atoms with Crippen LogP contribution in [0.2, 0.25) is 0 Å². The molecule has 0 fully saturated rings. The first-order valence-corrected chi connectivity index (χ1v) is 10.2. The molecule has 2 aromatic carbocycles. The number of ether oxygens (including phenoxy) is 1. The average molecular weight is 424 g/mol. The minimum atomic E-state index is -0.843. The fraction of sp³-hybridized carbons (Fsp3) is 0.320. The third-order valence-corrected chi connectivity index (χ3v) is 5.40. The third-order valence-electron chi connectivity index (χ3n) is 5.40. The minimum absolute atomic E-state index is 0.0295. The topological polar surface area (TPSA) is 107 Å². The zero-order chi connectivity index (χ0) is 22.7. The van der Waals surface area contributed by atoms with E-state index >= 15 is 0 Å². The summed E-state index contributed by atoms with van der Waals surface area (Å²) in [6, 6.07) is 5.19. The van der Waals surface area contributed by atoms with Crippen LogP contribution in [0.1, 0.15) is 61.0 Å². The highest BCUT2D eigenvalue weighted by atomic mass is 16.5. The molecule has 0 amide bonds. The van der Waals surface area contributed by atoms with E-state index in [1.165, 1.54) is 23.3 Å². The first kappa shape index (κ1) is 22.3. The lowest BCUT2D eigenvalue weighted by Crippen LogP contribution is -2.26. The van der Waals surface area contributed by atoms with Gasteiger partial charge in [-0.25, -0.2) is 0 Å². The van der Waals surface area contributed by atoms with Gasteiger partial charge in [0.15, 0.2) is 5.78 Å². The van der Waals surface area contributed by atoms with E-state index in [9.17, 15) is 25.2 Å². The van der Waals surface area contributed by atoms with Crippen LogP contribution < -0.4 is 4.74 Å². The Morgan fingerprint density at radius 3 is 2.45 bits per heavy atom. The second kappa shape index (κ2) is 9.16. The number of rotatable bonds is 6. The fourth-order valence-electron chi connectivity index (χ4n) is 3.66. The monoisotopic (exact) mass is 424 g/mol. The summed E-state index contributed by atoms with van der Waals surface area (Å²) in [5.74, 6) is -2.00. The van der Waals surface area contributed by atoms with Gasteiger partial charge in [-0.15, -0.1) is 0 Å².